The third-order valence-corrected chi connectivity index (χ3v) is 3.75. The van der Waals surface area contributed by atoms with Crippen molar-refractivity contribution in [3.8, 4) is 11.5 Å². The number of halogens is 2. The predicted octanol–water partition coefficient (Wildman–Crippen LogP) is 3.35. The lowest BCUT2D eigenvalue weighted by molar-refractivity contribution is -0.143. The van der Waals surface area contributed by atoms with Gasteiger partial charge in [0.25, 0.3) is 5.91 Å². The fourth-order valence-electron chi connectivity index (χ4n) is 1.97. The molecule has 8 heteroatoms. The van der Waals surface area contributed by atoms with Crippen molar-refractivity contribution < 1.29 is 23.8 Å². The number of methoxy groups -OCH3 is 1. The SMILES string of the molecule is COc1cccc(C(=O)NCC(=O)OCCOc2ccc(Cl)cc2Cl)c1. The van der Waals surface area contributed by atoms with Gasteiger partial charge in [-0.2, -0.15) is 0 Å². The first-order valence-corrected chi connectivity index (χ1v) is 8.41. The molecule has 0 radical (unpaired) electrons. The molecule has 0 spiro atoms. The van der Waals surface area contributed by atoms with Crippen LogP contribution in [0.2, 0.25) is 10.0 Å². The summed E-state index contributed by atoms with van der Waals surface area (Å²) in [4.78, 5) is 23.6. The maximum Gasteiger partial charge on any atom is 0.325 e. The summed E-state index contributed by atoms with van der Waals surface area (Å²) in [5.74, 6) is 0.0220. The van der Waals surface area contributed by atoms with Crippen LogP contribution < -0.4 is 14.8 Å². The summed E-state index contributed by atoms with van der Waals surface area (Å²) >= 11 is 11.8. The second-order valence-corrected chi connectivity index (χ2v) is 5.90. The fraction of sp³-hybridized carbons (Fsp3) is 0.222. The van der Waals surface area contributed by atoms with Gasteiger partial charge in [0.2, 0.25) is 0 Å². The van der Waals surface area contributed by atoms with Crippen LogP contribution in [0.4, 0.5) is 0 Å². The molecule has 0 unspecified atom stereocenters. The van der Waals surface area contributed by atoms with Crippen molar-refractivity contribution in [2.45, 2.75) is 0 Å². The van der Waals surface area contributed by atoms with Crippen molar-refractivity contribution in [3.05, 3.63) is 58.1 Å². The van der Waals surface area contributed by atoms with Crippen LogP contribution in [0.15, 0.2) is 42.5 Å². The number of hydrogen-bond acceptors (Lipinski definition) is 5. The molecule has 6 nitrogen and oxygen atoms in total. The summed E-state index contributed by atoms with van der Waals surface area (Å²) in [6, 6.07) is 11.4. The molecular formula is C18H17Cl2NO5. The molecule has 0 fully saturated rings. The Morgan fingerprint density at radius 1 is 1.08 bits per heavy atom. The van der Waals surface area contributed by atoms with Crippen LogP contribution in [-0.4, -0.2) is 38.7 Å². The summed E-state index contributed by atoms with van der Waals surface area (Å²) in [7, 11) is 1.51. The molecule has 0 saturated heterocycles. The lowest BCUT2D eigenvalue weighted by Gasteiger charge is -2.09. The number of amides is 1. The molecule has 2 aromatic rings. The van der Waals surface area contributed by atoms with Gasteiger partial charge in [0.05, 0.1) is 12.1 Å². The zero-order chi connectivity index (χ0) is 18.9. The second-order valence-electron chi connectivity index (χ2n) is 5.06. The van der Waals surface area contributed by atoms with Crippen LogP contribution in [0, 0.1) is 0 Å². The molecule has 2 aromatic carbocycles. The Bertz CT molecular complexity index is 782. The summed E-state index contributed by atoms with van der Waals surface area (Å²) < 4.78 is 15.4. The van der Waals surface area contributed by atoms with Gasteiger partial charge in [0, 0.05) is 10.6 Å². The minimum absolute atomic E-state index is 0.0207. The number of rotatable bonds is 8. The standard InChI is InChI=1S/C18H17Cl2NO5/c1-24-14-4-2-3-12(9-14)18(23)21-11-17(22)26-8-7-25-16-6-5-13(19)10-15(16)20/h2-6,9-10H,7-8,11H2,1H3,(H,21,23). The molecule has 0 aromatic heterocycles. The number of nitrogens with one attached hydrogen (secondary N) is 1. The minimum Gasteiger partial charge on any atom is -0.497 e. The highest BCUT2D eigenvalue weighted by atomic mass is 35.5. The van der Waals surface area contributed by atoms with Crippen LogP contribution in [0.1, 0.15) is 10.4 Å². The summed E-state index contributed by atoms with van der Waals surface area (Å²) in [6.45, 7) is -0.110. The van der Waals surface area contributed by atoms with E-state index in [9.17, 15) is 9.59 Å². The predicted molar refractivity (Wildman–Crippen MR) is 98.2 cm³/mol. The molecular weight excluding hydrogens is 381 g/mol. The number of esters is 1. The van der Waals surface area contributed by atoms with Crippen molar-refractivity contribution in [2.75, 3.05) is 26.9 Å². The van der Waals surface area contributed by atoms with E-state index < -0.39 is 11.9 Å². The lowest BCUT2D eigenvalue weighted by atomic mass is 10.2. The van der Waals surface area contributed by atoms with Gasteiger partial charge < -0.3 is 19.5 Å². The first-order valence-electron chi connectivity index (χ1n) is 7.65. The molecule has 0 heterocycles. The largest absolute Gasteiger partial charge is 0.497 e. The van der Waals surface area contributed by atoms with E-state index in [1.165, 1.54) is 7.11 Å². The second kappa shape index (κ2) is 9.89. The monoisotopic (exact) mass is 397 g/mol. The summed E-state index contributed by atoms with van der Waals surface area (Å²) in [5.41, 5.74) is 0.387. The number of carbonyl (C=O) groups excluding carboxylic acids is 2. The molecule has 0 aliphatic carbocycles. The highest BCUT2D eigenvalue weighted by Gasteiger charge is 2.10. The Kier molecular flexibility index (Phi) is 7.56. The van der Waals surface area contributed by atoms with Gasteiger partial charge in [-0.25, -0.2) is 0 Å². The Labute approximate surface area is 160 Å². The highest BCUT2D eigenvalue weighted by molar-refractivity contribution is 6.35. The number of carbonyl (C=O) groups is 2. The summed E-state index contributed by atoms with van der Waals surface area (Å²) in [6.07, 6.45) is 0. The van der Waals surface area contributed by atoms with Crippen LogP contribution in [0.3, 0.4) is 0 Å². The molecule has 0 atom stereocenters. The van der Waals surface area contributed by atoms with Crippen LogP contribution >= 0.6 is 23.2 Å². The van der Waals surface area contributed by atoms with Gasteiger partial charge in [-0.3, -0.25) is 9.59 Å². The Hall–Kier alpha value is -2.44. The van der Waals surface area contributed by atoms with E-state index in [1.54, 1.807) is 42.5 Å². The maximum atomic E-state index is 12.0. The molecule has 1 N–H and O–H groups in total. The van der Waals surface area contributed by atoms with E-state index in [-0.39, 0.29) is 19.8 Å². The zero-order valence-electron chi connectivity index (χ0n) is 14.0. The van der Waals surface area contributed by atoms with Crippen LogP contribution in [0.5, 0.6) is 11.5 Å². The first-order chi connectivity index (χ1) is 12.5. The average molecular weight is 398 g/mol. The van der Waals surface area contributed by atoms with Crippen molar-refractivity contribution in [3.63, 3.8) is 0 Å². The summed E-state index contributed by atoms with van der Waals surface area (Å²) in [5, 5.41) is 3.35. The van der Waals surface area contributed by atoms with E-state index in [1.807, 2.05) is 0 Å². The maximum absolute atomic E-state index is 12.0. The quantitative estimate of drug-likeness (QED) is 0.545. The molecule has 0 aliphatic heterocycles. The van der Waals surface area contributed by atoms with E-state index in [0.29, 0.717) is 27.1 Å². The highest BCUT2D eigenvalue weighted by Crippen LogP contribution is 2.27. The Morgan fingerprint density at radius 3 is 2.62 bits per heavy atom. The third kappa shape index (κ3) is 6.13. The van der Waals surface area contributed by atoms with Gasteiger partial charge in [-0.1, -0.05) is 29.3 Å². The topological polar surface area (TPSA) is 73.9 Å². The van der Waals surface area contributed by atoms with Gasteiger partial charge in [-0.05, 0) is 36.4 Å². The van der Waals surface area contributed by atoms with Gasteiger partial charge in [0.15, 0.2) is 0 Å². The number of ether oxygens (including phenoxy) is 3. The molecule has 26 heavy (non-hydrogen) atoms. The van der Waals surface area contributed by atoms with E-state index in [0.717, 1.165) is 0 Å². The molecule has 138 valence electrons. The van der Waals surface area contributed by atoms with Crippen molar-refractivity contribution in [2.24, 2.45) is 0 Å². The van der Waals surface area contributed by atoms with Gasteiger partial charge >= 0.3 is 5.97 Å². The van der Waals surface area contributed by atoms with Gasteiger partial charge in [0.1, 0.15) is 31.3 Å². The van der Waals surface area contributed by atoms with E-state index in [2.05, 4.69) is 5.32 Å². The molecule has 0 aliphatic rings. The Morgan fingerprint density at radius 2 is 1.88 bits per heavy atom. The molecule has 2 rings (SSSR count). The third-order valence-electron chi connectivity index (χ3n) is 3.22. The molecule has 0 saturated carbocycles. The normalized spacial score (nSPS) is 10.1. The van der Waals surface area contributed by atoms with Crippen molar-refractivity contribution >= 4 is 35.1 Å². The number of hydrogen-bond donors (Lipinski definition) is 1. The van der Waals surface area contributed by atoms with Gasteiger partial charge in [-0.15, -0.1) is 0 Å². The van der Waals surface area contributed by atoms with Crippen molar-refractivity contribution in [1.82, 2.24) is 5.32 Å². The van der Waals surface area contributed by atoms with E-state index in [4.69, 9.17) is 37.4 Å². The first kappa shape index (κ1) is 19.9. The van der Waals surface area contributed by atoms with Crippen LogP contribution in [0.25, 0.3) is 0 Å². The van der Waals surface area contributed by atoms with Crippen molar-refractivity contribution in [1.29, 1.82) is 0 Å². The fourth-order valence-corrected chi connectivity index (χ4v) is 2.43. The van der Waals surface area contributed by atoms with Crippen LogP contribution in [-0.2, 0) is 9.53 Å². The molecule has 0 bridgehead atoms. The van der Waals surface area contributed by atoms with E-state index >= 15 is 0 Å². The lowest BCUT2D eigenvalue weighted by Crippen LogP contribution is -2.31. The average Bonchev–Trinajstić information content (AvgIpc) is 2.64. The zero-order valence-corrected chi connectivity index (χ0v) is 15.5. The molecule has 1 amide bonds. The minimum atomic E-state index is -0.577. The smallest absolute Gasteiger partial charge is 0.325 e. The Balaban J connectivity index is 1.69. The number of benzene rings is 2.